The Labute approximate surface area is 237 Å². The van der Waals surface area contributed by atoms with Gasteiger partial charge in [0.05, 0.1) is 0 Å². The standard InChI is InChI=1S/C34H66O4/c1-3-5-7-9-11-13-15-16-18-20-22-24-26-31-34(37)38-32(29-27-30-33(35)36)28-25-23-21-19-17-14-12-10-8-6-4-2/h32H,3-31H2,1-2H3,(H,35,36)/t32-/m1/s1. The summed E-state index contributed by atoms with van der Waals surface area (Å²) in [6, 6.07) is 0. The Hall–Kier alpha value is -1.06. The van der Waals surface area contributed by atoms with Gasteiger partial charge in [0.25, 0.3) is 0 Å². The molecule has 0 radical (unpaired) electrons. The predicted octanol–water partition coefficient (Wildman–Crippen LogP) is 11.3. The number of hydrogen-bond acceptors (Lipinski definition) is 3. The number of hydrogen-bond donors (Lipinski definition) is 1. The summed E-state index contributed by atoms with van der Waals surface area (Å²) in [6.07, 6.45) is 33.9. The normalized spacial score (nSPS) is 12.1. The molecule has 0 unspecified atom stereocenters. The van der Waals surface area contributed by atoms with Crippen molar-refractivity contribution in [3.8, 4) is 0 Å². The quantitative estimate of drug-likeness (QED) is 0.0704. The zero-order chi connectivity index (χ0) is 27.9. The number of carbonyl (C=O) groups is 2. The van der Waals surface area contributed by atoms with Gasteiger partial charge in [0, 0.05) is 12.8 Å². The smallest absolute Gasteiger partial charge is 0.306 e. The molecule has 0 spiro atoms. The van der Waals surface area contributed by atoms with Gasteiger partial charge < -0.3 is 9.84 Å². The molecule has 0 aliphatic heterocycles. The van der Waals surface area contributed by atoms with E-state index in [2.05, 4.69) is 13.8 Å². The van der Waals surface area contributed by atoms with Gasteiger partial charge in [-0.05, 0) is 32.1 Å². The number of rotatable bonds is 31. The van der Waals surface area contributed by atoms with Gasteiger partial charge in [-0.1, -0.05) is 155 Å². The molecule has 4 nitrogen and oxygen atoms in total. The second-order valence-electron chi connectivity index (χ2n) is 11.7. The van der Waals surface area contributed by atoms with Crippen LogP contribution in [0.1, 0.15) is 200 Å². The Morgan fingerprint density at radius 2 is 0.816 bits per heavy atom. The minimum absolute atomic E-state index is 0.0866. The lowest BCUT2D eigenvalue weighted by Crippen LogP contribution is -2.18. The number of esters is 1. The number of carboxylic acids is 1. The fourth-order valence-corrected chi connectivity index (χ4v) is 5.31. The van der Waals surface area contributed by atoms with Crippen LogP contribution in [0.25, 0.3) is 0 Å². The molecule has 0 aliphatic rings. The third kappa shape index (κ3) is 29.5. The van der Waals surface area contributed by atoms with Gasteiger partial charge in [0.2, 0.25) is 0 Å². The van der Waals surface area contributed by atoms with E-state index in [1.54, 1.807) is 0 Å². The average Bonchev–Trinajstić information content (AvgIpc) is 2.89. The summed E-state index contributed by atoms with van der Waals surface area (Å²) in [5, 5.41) is 8.96. The van der Waals surface area contributed by atoms with Crippen LogP contribution in [0, 0.1) is 0 Å². The van der Waals surface area contributed by atoms with Crippen LogP contribution in [-0.4, -0.2) is 23.1 Å². The lowest BCUT2D eigenvalue weighted by atomic mass is 10.0. The summed E-state index contributed by atoms with van der Waals surface area (Å²) in [7, 11) is 0. The molecule has 1 atom stereocenters. The second kappa shape index (κ2) is 30.5. The highest BCUT2D eigenvalue weighted by Crippen LogP contribution is 2.18. The van der Waals surface area contributed by atoms with Crippen LogP contribution in [0.15, 0.2) is 0 Å². The molecule has 226 valence electrons. The third-order valence-electron chi connectivity index (χ3n) is 7.83. The predicted molar refractivity (Wildman–Crippen MR) is 163 cm³/mol. The van der Waals surface area contributed by atoms with E-state index in [1.165, 1.54) is 135 Å². The van der Waals surface area contributed by atoms with Gasteiger partial charge in [0.15, 0.2) is 0 Å². The largest absolute Gasteiger partial charge is 0.481 e. The molecule has 0 aromatic rings. The van der Waals surface area contributed by atoms with Crippen LogP contribution in [0.5, 0.6) is 0 Å². The number of carbonyl (C=O) groups excluding carboxylic acids is 1. The fourth-order valence-electron chi connectivity index (χ4n) is 5.31. The van der Waals surface area contributed by atoms with Crippen molar-refractivity contribution in [3.05, 3.63) is 0 Å². The van der Waals surface area contributed by atoms with Crippen LogP contribution in [0.2, 0.25) is 0 Å². The highest BCUT2D eigenvalue weighted by atomic mass is 16.5. The fraction of sp³-hybridized carbons (Fsp3) is 0.941. The van der Waals surface area contributed by atoms with Crippen LogP contribution in [0.4, 0.5) is 0 Å². The minimum atomic E-state index is -0.767. The summed E-state index contributed by atoms with van der Waals surface area (Å²) in [4.78, 5) is 23.3. The maximum Gasteiger partial charge on any atom is 0.306 e. The zero-order valence-electron chi connectivity index (χ0n) is 25.8. The topological polar surface area (TPSA) is 63.6 Å². The van der Waals surface area contributed by atoms with Crippen LogP contribution in [-0.2, 0) is 14.3 Å². The molecule has 4 heteroatoms. The maximum atomic E-state index is 12.4. The molecule has 0 amide bonds. The Bertz CT molecular complexity index is 505. The first kappa shape index (κ1) is 36.9. The van der Waals surface area contributed by atoms with E-state index < -0.39 is 5.97 Å². The molecule has 1 N–H and O–H groups in total. The molecule has 0 saturated carbocycles. The van der Waals surface area contributed by atoms with E-state index in [-0.39, 0.29) is 18.5 Å². The van der Waals surface area contributed by atoms with Crippen LogP contribution in [0.3, 0.4) is 0 Å². The Morgan fingerprint density at radius 1 is 0.474 bits per heavy atom. The van der Waals surface area contributed by atoms with E-state index >= 15 is 0 Å². The molecule has 0 saturated heterocycles. The first-order valence-corrected chi connectivity index (χ1v) is 17.0. The molecule has 0 heterocycles. The molecule has 0 rings (SSSR count). The second-order valence-corrected chi connectivity index (χ2v) is 11.7. The number of aliphatic carboxylic acids is 1. The third-order valence-corrected chi connectivity index (χ3v) is 7.83. The van der Waals surface area contributed by atoms with E-state index in [0.717, 1.165) is 25.7 Å². The van der Waals surface area contributed by atoms with Crippen LogP contribution >= 0.6 is 0 Å². The van der Waals surface area contributed by atoms with Crippen molar-refractivity contribution in [3.63, 3.8) is 0 Å². The molecular weight excluding hydrogens is 472 g/mol. The van der Waals surface area contributed by atoms with Crippen molar-refractivity contribution in [2.24, 2.45) is 0 Å². The van der Waals surface area contributed by atoms with E-state index in [0.29, 0.717) is 19.3 Å². The Morgan fingerprint density at radius 3 is 1.21 bits per heavy atom. The van der Waals surface area contributed by atoms with Gasteiger partial charge in [0.1, 0.15) is 6.10 Å². The minimum Gasteiger partial charge on any atom is -0.481 e. The lowest BCUT2D eigenvalue weighted by molar-refractivity contribution is -0.150. The first-order valence-electron chi connectivity index (χ1n) is 17.0. The van der Waals surface area contributed by atoms with E-state index in [4.69, 9.17) is 9.84 Å². The summed E-state index contributed by atoms with van der Waals surface area (Å²) < 4.78 is 5.80. The molecule has 0 bridgehead atoms. The van der Waals surface area contributed by atoms with Gasteiger partial charge in [-0.15, -0.1) is 0 Å². The van der Waals surface area contributed by atoms with Crippen LogP contribution < -0.4 is 0 Å². The summed E-state index contributed by atoms with van der Waals surface area (Å²) in [5.74, 6) is -0.854. The lowest BCUT2D eigenvalue weighted by Gasteiger charge is -2.18. The van der Waals surface area contributed by atoms with E-state index in [1.807, 2.05) is 0 Å². The monoisotopic (exact) mass is 538 g/mol. The first-order chi connectivity index (χ1) is 18.6. The molecule has 0 aromatic carbocycles. The van der Waals surface area contributed by atoms with Crippen molar-refractivity contribution >= 4 is 11.9 Å². The van der Waals surface area contributed by atoms with Crippen molar-refractivity contribution in [1.82, 2.24) is 0 Å². The molecule has 0 fully saturated rings. The molecule has 0 aliphatic carbocycles. The number of ether oxygens (including phenoxy) is 1. The van der Waals surface area contributed by atoms with Crippen molar-refractivity contribution in [1.29, 1.82) is 0 Å². The van der Waals surface area contributed by atoms with Gasteiger partial charge >= 0.3 is 11.9 Å². The summed E-state index contributed by atoms with van der Waals surface area (Å²) in [5.41, 5.74) is 0. The van der Waals surface area contributed by atoms with Gasteiger partial charge in [-0.2, -0.15) is 0 Å². The summed E-state index contributed by atoms with van der Waals surface area (Å²) in [6.45, 7) is 4.53. The Kier molecular flexibility index (Phi) is 29.6. The van der Waals surface area contributed by atoms with Crippen molar-refractivity contribution in [2.45, 2.75) is 206 Å². The zero-order valence-corrected chi connectivity index (χ0v) is 25.8. The molecule has 38 heavy (non-hydrogen) atoms. The summed E-state index contributed by atoms with van der Waals surface area (Å²) >= 11 is 0. The number of carboxylic acid groups (broad SMARTS) is 1. The van der Waals surface area contributed by atoms with E-state index in [9.17, 15) is 9.59 Å². The van der Waals surface area contributed by atoms with Gasteiger partial charge in [-0.3, -0.25) is 9.59 Å². The number of unbranched alkanes of at least 4 members (excludes halogenated alkanes) is 22. The molecule has 0 aromatic heterocycles. The highest BCUT2D eigenvalue weighted by Gasteiger charge is 2.15. The molecular formula is C34H66O4. The maximum absolute atomic E-state index is 12.4. The Balaban J connectivity index is 3.82. The van der Waals surface area contributed by atoms with Gasteiger partial charge in [-0.25, -0.2) is 0 Å². The highest BCUT2D eigenvalue weighted by molar-refractivity contribution is 5.69. The average molecular weight is 539 g/mol. The van der Waals surface area contributed by atoms with Crippen molar-refractivity contribution < 1.29 is 19.4 Å². The SMILES string of the molecule is CCCCCCCCCCCCCCCC(=O)O[C@H](CCCCCCCCCCCCC)CCCC(=O)O. The van der Waals surface area contributed by atoms with Crippen molar-refractivity contribution in [2.75, 3.05) is 0 Å².